The number of fused-ring (bicyclic) bond motifs is 1. The third-order valence-electron chi connectivity index (χ3n) is 3.95. The Hall–Kier alpha value is -2.29. The summed E-state index contributed by atoms with van der Waals surface area (Å²) in [5.74, 6) is 0.591. The Kier molecular flexibility index (Phi) is 4.89. The highest BCUT2D eigenvalue weighted by molar-refractivity contribution is 7.03. The molecule has 0 aromatic carbocycles. The van der Waals surface area contributed by atoms with Gasteiger partial charge in [-0.2, -0.15) is 0 Å². The summed E-state index contributed by atoms with van der Waals surface area (Å²) in [5, 5.41) is 5.88. The van der Waals surface area contributed by atoms with E-state index in [0.29, 0.717) is 35.8 Å². The summed E-state index contributed by atoms with van der Waals surface area (Å²) in [4.78, 5) is 31.7. The molecule has 24 heavy (non-hydrogen) atoms. The van der Waals surface area contributed by atoms with Gasteiger partial charge in [-0.15, -0.1) is 5.10 Å². The van der Waals surface area contributed by atoms with Gasteiger partial charge in [0.2, 0.25) is 0 Å². The van der Waals surface area contributed by atoms with Gasteiger partial charge in [0.05, 0.1) is 0 Å². The van der Waals surface area contributed by atoms with Crippen LogP contribution in [0, 0.1) is 0 Å². The van der Waals surface area contributed by atoms with Gasteiger partial charge < -0.3 is 4.57 Å². The lowest BCUT2D eigenvalue weighted by molar-refractivity contribution is 0.611. The smallest absolute Gasteiger partial charge is 0.317 e. The van der Waals surface area contributed by atoms with E-state index in [-0.39, 0.29) is 0 Å². The van der Waals surface area contributed by atoms with Crippen LogP contribution in [0.4, 0.5) is 0 Å². The molecule has 0 aliphatic rings. The monoisotopic (exact) mass is 348 g/mol. The molecule has 0 saturated carbocycles. The number of hydrogen-bond acceptors (Lipinski definition) is 6. The summed E-state index contributed by atoms with van der Waals surface area (Å²) in [7, 11) is 0. The molecule has 9 heteroatoms. The molecule has 3 aromatic rings. The topological polar surface area (TPSA) is 98.5 Å². The number of hydrogen-bond donors (Lipinski definition) is 1. The normalized spacial score (nSPS) is 11.4. The molecule has 1 N–H and O–H groups in total. The SMILES string of the molecule is CCCCn1c(-c2csnn2)nc2c1c(=O)[nH]c(=O)n2CCCC. The minimum atomic E-state index is -0.413. The van der Waals surface area contributed by atoms with Crippen molar-refractivity contribution in [2.75, 3.05) is 0 Å². The van der Waals surface area contributed by atoms with E-state index in [9.17, 15) is 9.59 Å². The van der Waals surface area contributed by atoms with Crippen LogP contribution >= 0.6 is 11.5 Å². The molecule has 0 spiro atoms. The molecule has 0 fully saturated rings. The standard InChI is InChI=1S/C15H20N6O2S/c1-3-5-7-20-11-13(16-12(20)10-9-24-19-18-10)21(8-6-4-2)15(23)17-14(11)22/h9H,3-8H2,1-2H3,(H,17,22,23). The van der Waals surface area contributed by atoms with Crippen LogP contribution in [0.1, 0.15) is 39.5 Å². The summed E-state index contributed by atoms with van der Waals surface area (Å²) in [5.41, 5.74) is 0.671. The van der Waals surface area contributed by atoms with Crippen molar-refractivity contribution in [2.45, 2.75) is 52.6 Å². The number of unbranched alkanes of at least 4 members (excludes halogenated alkanes) is 2. The number of imidazole rings is 1. The summed E-state index contributed by atoms with van der Waals surface area (Å²) in [6.45, 7) is 5.32. The Labute approximate surface area is 142 Å². The molecule has 0 amide bonds. The maximum atomic E-state index is 12.4. The predicted molar refractivity (Wildman–Crippen MR) is 93.3 cm³/mol. The number of rotatable bonds is 7. The first-order valence-electron chi connectivity index (χ1n) is 8.18. The first kappa shape index (κ1) is 16.6. The molecule has 0 aliphatic carbocycles. The maximum Gasteiger partial charge on any atom is 0.330 e. The zero-order valence-corrected chi connectivity index (χ0v) is 14.6. The summed E-state index contributed by atoms with van der Waals surface area (Å²) >= 11 is 1.23. The van der Waals surface area contributed by atoms with Crippen molar-refractivity contribution in [1.82, 2.24) is 28.7 Å². The van der Waals surface area contributed by atoms with Gasteiger partial charge in [-0.1, -0.05) is 31.2 Å². The third-order valence-corrected chi connectivity index (χ3v) is 4.45. The number of nitrogens with one attached hydrogen (secondary N) is 1. The molecule has 0 radical (unpaired) electrons. The van der Waals surface area contributed by atoms with E-state index in [2.05, 4.69) is 33.4 Å². The van der Waals surface area contributed by atoms with Gasteiger partial charge in [-0.05, 0) is 24.4 Å². The lowest BCUT2D eigenvalue weighted by Crippen LogP contribution is -2.31. The van der Waals surface area contributed by atoms with Crippen molar-refractivity contribution in [3.05, 3.63) is 26.2 Å². The quantitative estimate of drug-likeness (QED) is 0.704. The zero-order valence-electron chi connectivity index (χ0n) is 13.8. The predicted octanol–water partition coefficient (Wildman–Crippen LogP) is 2.00. The van der Waals surface area contributed by atoms with Gasteiger partial charge >= 0.3 is 5.69 Å². The highest BCUT2D eigenvalue weighted by atomic mass is 32.1. The van der Waals surface area contributed by atoms with Crippen LogP contribution in [0.2, 0.25) is 0 Å². The fraction of sp³-hybridized carbons (Fsp3) is 0.533. The molecule has 0 saturated heterocycles. The van der Waals surface area contributed by atoms with Crippen LogP contribution in [0.3, 0.4) is 0 Å². The van der Waals surface area contributed by atoms with Gasteiger partial charge in [-0.25, -0.2) is 9.78 Å². The van der Waals surface area contributed by atoms with Crippen molar-refractivity contribution < 1.29 is 0 Å². The highest BCUT2D eigenvalue weighted by Crippen LogP contribution is 2.22. The minimum absolute atomic E-state index is 0.402. The third kappa shape index (κ3) is 2.91. The van der Waals surface area contributed by atoms with Crippen LogP contribution in [0.5, 0.6) is 0 Å². The van der Waals surface area contributed by atoms with Crippen LogP contribution in [0.15, 0.2) is 15.0 Å². The Morgan fingerprint density at radius 2 is 1.83 bits per heavy atom. The summed E-state index contributed by atoms with van der Waals surface area (Å²) in [6, 6.07) is 0. The molecule has 0 atom stereocenters. The highest BCUT2D eigenvalue weighted by Gasteiger charge is 2.20. The molecule has 3 rings (SSSR count). The van der Waals surface area contributed by atoms with E-state index in [1.54, 1.807) is 9.95 Å². The minimum Gasteiger partial charge on any atom is -0.317 e. The summed E-state index contributed by atoms with van der Waals surface area (Å²) < 4.78 is 7.29. The Balaban J connectivity index is 2.29. The van der Waals surface area contributed by atoms with Crippen LogP contribution in [0.25, 0.3) is 22.7 Å². The molecule has 128 valence electrons. The zero-order chi connectivity index (χ0) is 17.1. The number of aromatic nitrogens is 6. The molecule has 0 bridgehead atoms. The molecule has 3 aromatic heterocycles. The molecule has 0 aliphatic heterocycles. The van der Waals surface area contributed by atoms with E-state index in [0.717, 1.165) is 25.7 Å². The number of aryl methyl sites for hydroxylation is 2. The number of nitrogens with zero attached hydrogens (tertiary/aromatic N) is 5. The van der Waals surface area contributed by atoms with Crippen molar-refractivity contribution in [3.8, 4) is 11.5 Å². The molecular weight excluding hydrogens is 328 g/mol. The van der Waals surface area contributed by atoms with Gasteiger partial charge in [0.15, 0.2) is 17.0 Å². The second-order valence-electron chi connectivity index (χ2n) is 5.67. The van der Waals surface area contributed by atoms with E-state index in [1.165, 1.54) is 11.5 Å². The second-order valence-corrected chi connectivity index (χ2v) is 6.28. The molecular formula is C15H20N6O2S. The van der Waals surface area contributed by atoms with E-state index < -0.39 is 11.2 Å². The Morgan fingerprint density at radius 3 is 2.46 bits per heavy atom. The Morgan fingerprint density at radius 1 is 1.12 bits per heavy atom. The van der Waals surface area contributed by atoms with Crippen LogP contribution in [-0.2, 0) is 13.1 Å². The molecule has 8 nitrogen and oxygen atoms in total. The lowest BCUT2D eigenvalue weighted by atomic mass is 10.3. The fourth-order valence-corrected chi connectivity index (χ4v) is 3.12. The largest absolute Gasteiger partial charge is 0.330 e. The van der Waals surface area contributed by atoms with E-state index >= 15 is 0 Å². The first-order valence-corrected chi connectivity index (χ1v) is 9.01. The summed E-state index contributed by atoms with van der Waals surface area (Å²) in [6.07, 6.45) is 3.69. The average molecular weight is 348 g/mol. The van der Waals surface area contributed by atoms with Gasteiger partial charge in [0.1, 0.15) is 5.69 Å². The van der Waals surface area contributed by atoms with Crippen molar-refractivity contribution in [1.29, 1.82) is 0 Å². The Bertz CT molecular complexity index is 937. The first-order chi connectivity index (χ1) is 11.7. The van der Waals surface area contributed by atoms with Crippen LogP contribution in [-0.4, -0.2) is 28.7 Å². The van der Waals surface area contributed by atoms with Gasteiger partial charge in [0.25, 0.3) is 5.56 Å². The second kappa shape index (κ2) is 7.08. The fourth-order valence-electron chi connectivity index (χ4n) is 2.69. The number of aromatic amines is 1. The maximum absolute atomic E-state index is 12.4. The average Bonchev–Trinajstić information content (AvgIpc) is 3.20. The van der Waals surface area contributed by atoms with Crippen molar-refractivity contribution in [2.24, 2.45) is 0 Å². The van der Waals surface area contributed by atoms with E-state index in [1.807, 2.05) is 4.57 Å². The molecule has 0 unspecified atom stereocenters. The van der Waals surface area contributed by atoms with Crippen molar-refractivity contribution in [3.63, 3.8) is 0 Å². The number of H-pyrrole nitrogens is 1. The lowest BCUT2D eigenvalue weighted by Gasteiger charge is -2.07. The molecule has 3 heterocycles. The van der Waals surface area contributed by atoms with E-state index in [4.69, 9.17) is 0 Å². The van der Waals surface area contributed by atoms with Crippen LogP contribution < -0.4 is 11.2 Å². The van der Waals surface area contributed by atoms with Gasteiger partial charge in [-0.3, -0.25) is 14.3 Å². The van der Waals surface area contributed by atoms with Crippen molar-refractivity contribution >= 4 is 22.7 Å². The van der Waals surface area contributed by atoms with Gasteiger partial charge in [0, 0.05) is 18.5 Å².